The first-order valence-electron chi connectivity index (χ1n) is 12.4. The Bertz CT molecular complexity index is 1180. The Balaban J connectivity index is 1.38. The first-order chi connectivity index (χ1) is 17.6. The van der Waals surface area contributed by atoms with Gasteiger partial charge in [-0.2, -0.15) is 0 Å². The number of hydrogen-bond acceptors (Lipinski definition) is 4. The molecule has 0 spiro atoms. The van der Waals surface area contributed by atoms with E-state index in [1.807, 2.05) is 42.5 Å². The van der Waals surface area contributed by atoms with Crippen molar-refractivity contribution in [3.8, 4) is 11.5 Å². The van der Waals surface area contributed by atoms with E-state index >= 15 is 0 Å². The van der Waals surface area contributed by atoms with Crippen LogP contribution in [0.15, 0.2) is 78.9 Å². The standard InChI is InChI=1S/C29H29FN2O4/c30-22-10-14-24(15-11-22)36-25-16-12-23(13-17-25)32(20-21-6-2-1-3-7-21)28(33)26-8-4-18-31(26)29(34)27-9-5-19-35-27/h1-3,6-7,10-17,26-27H,4-5,8-9,18-20H2. The van der Waals surface area contributed by atoms with Gasteiger partial charge >= 0.3 is 0 Å². The van der Waals surface area contributed by atoms with E-state index < -0.39 is 12.1 Å². The molecule has 0 saturated carbocycles. The predicted octanol–water partition coefficient (Wildman–Crippen LogP) is 5.32. The Hall–Kier alpha value is -3.71. The summed E-state index contributed by atoms with van der Waals surface area (Å²) in [5, 5.41) is 0. The number of amides is 2. The molecule has 0 aromatic heterocycles. The highest BCUT2D eigenvalue weighted by Gasteiger charge is 2.40. The molecule has 2 atom stereocenters. The number of hydrogen-bond donors (Lipinski definition) is 0. The van der Waals surface area contributed by atoms with E-state index in [1.165, 1.54) is 12.1 Å². The highest BCUT2D eigenvalue weighted by atomic mass is 19.1. The van der Waals surface area contributed by atoms with Gasteiger partial charge in [-0.05, 0) is 79.8 Å². The molecule has 3 aromatic carbocycles. The molecule has 6 nitrogen and oxygen atoms in total. The van der Waals surface area contributed by atoms with Gasteiger partial charge in [-0.25, -0.2) is 4.39 Å². The molecule has 0 bridgehead atoms. The van der Waals surface area contributed by atoms with Gasteiger partial charge in [0.15, 0.2) is 0 Å². The zero-order valence-corrected chi connectivity index (χ0v) is 20.0. The summed E-state index contributed by atoms with van der Waals surface area (Å²) in [5.74, 6) is 0.594. The summed E-state index contributed by atoms with van der Waals surface area (Å²) in [6.45, 7) is 1.55. The fourth-order valence-electron chi connectivity index (χ4n) is 4.82. The van der Waals surface area contributed by atoms with Gasteiger partial charge in [-0.3, -0.25) is 9.59 Å². The number of carbonyl (C=O) groups excluding carboxylic acids is 2. The molecule has 36 heavy (non-hydrogen) atoms. The van der Waals surface area contributed by atoms with Crippen LogP contribution in [-0.4, -0.2) is 42.0 Å². The number of nitrogens with zero attached hydrogens (tertiary/aromatic N) is 2. The molecule has 2 unspecified atom stereocenters. The van der Waals surface area contributed by atoms with Gasteiger partial charge in [0.05, 0.1) is 6.54 Å². The van der Waals surface area contributed by atoms with Crippen molar-refractivity contribution in [1.82, 2.24) is 4.90 Å². The molecule has 2 heterocycles. The van der Waals surface area contributed by atoms with Crippen LogP contribution in [0.25, 0.3) is 0 Å². The quantitative estimate of drug-likeness (QED) is 0.452. The molecule has 2 fully saturated rings. The zero-order chi connectivity index (χ0) is 24.9. The van der Waals surface area contributed by atoms with Gasteiger partial charge in [0.2, 0.25) is 5.91 Å². The van der Waals surface area contributed by atoms with E-state index in [0.29, 0.717) is 49.7 Å². The van der Waals surface area contributed by atoms with E-state index in [2.05, 4.69) is 0 Å². The van der Waals surface area contributed by atoms with Crippen molar-refractivity contribution in [3.05, 3.63) is 90.2 Å². The van der Waals surface area contributed by atoms with Crippen LogP contribution in [0.4, 0.5) is 10.1 Å². The fraction of sp³-hybridized carbons (Fsp3) is 0.310. The molecule has 0 radical (unpaired) electrons. The lowest BCUT2D eigenvalue weighted by Crippen LogP contribution is -2.50. The lowest BCUT2D eigenvalue weighted by molar-refractivity contribution is -0.145. The summed E-state index contributed by atoms with van der Waals surface area (Å²) < 4.78 is 24.6. The Morgan fingerprint density at radius 1 is 0.917 bits per heavy atom. The number of ether oxygens (including phenoxy) is 2. The van der Waals surface area contributed by atoms with Crippen molar-refractivity contribution in [3.63, 3.8) is 0 Å². The van der Waals surface area contributed by atoms with E-state index in [9.17, 15) is 14.0 Å². The maximum atomic E-state index is 13.9. The number of carbonyl (C=O) groups is 2. The molecule has 7 heteroatoms. The highest BCUT2D eigenvalue weighted by molar-refractivity contribution is 6.00. The van der Waals surface area contributed by atoms with Gasteiger partial charge < -0.3 is 19.3 Å². The molecule has 2 saturated heterocycles. The van der Waals surface area contributed by atoms with Crippen molar-refractivity contribution in [1.29, 1.82) is 0 Å². The largest absolute Gasteiger partial charge is 0.457 e. The maximum absolute atomic E-state index is 13.9. The van der Waals surface area contributed by atoms with Crippen LogP contribution in [0, 0.1) is 5.82 Å². The predicted molar refractivity (Wildman–Crippen MR) is 134 cm³/mol. The Morgan fingerprint density at radius 2 is 1.61 bits per heavy atom. The normalized spacial score (nSPS) is 19.3. The minimum atomic E-state index is -0.513. The molecule has 2 aliphatic heterocycles. The van der Waals surface area contributed by atoms with Crippen molar-refractivity contribution < 1.29 is 23.5 Å². The molecule has 3 aromatic rings. The van der Waals surface area contributed by atoms with E-state index in [4.69, 9.17) is 9.47 Å². The number of rotatable bonds is 7. The molecule has 0 N–H and O–H groups in total. The van der Waals surface area contributed by atoms with Gasteiger partial charge in [-0.1, -0.05) is 30.3 Å². The average Bonchev–Trinajstić information content (AvgIpc) is 3.62. The molecule has 0 aliphatic carbocycles. The highest BCUT2D eigenvalue weighted by Crippen LogP contribution is 2.29. The van der Waals surface area contributed by atoms with Crippen LogP contribution in [-0.2, 0) is 20.9 Å². The van der Waals surface area contributed by atoms with Crippen LogP contribution < -0.4 is 9.64 Å². The second-order valence-corrected chi connectivity index (χ2v) is 9.15. The average molecular weight is 489 g/mol. The zero-order valence-electron chi connectivity index (χ0n) is 20.0. The molecule has 2 amide bonds. The molecule has 5 rings (SSSR count). The fourth-order valence-corrected chi connectivity index (χ4v) is 4.82. The van der Waals surface area contributed by atoms with Crippen LogP contribution in [0.1, 0.15) is 31.2 Å². The van der Waals surface area contributed by atoms with Crippen molar-refractivity contribution in [2.75, 3.05) is 18.1 Å². The first kappa shape index (κ1) is 24.0. The minimum Gasteiger partial charge on any atom is -0.457 e. The lowest BCUT2D eigenvalue weighted by atomic mass is 10.1. The number of likely N-dealkylation sites (tertiary alicyclic amines) is 1. The summed E-state index contributed by atoms with van der Waals surface area (Å²) in [5.41, 5.74) is 1.71. The van der Waals surface area contributed by atoms with Crippen LogP contribution in [0.3, 0.4) is 0 Å². The van der Waals surface area contributed by atoms with Crippen LogP contribution in [0.2, 0.25) is 0 Å². The SMILES string of the molecule is O=C(C1CCCN1C(=O)C1CCCO1)N(Cc1ccccc1)c1ccc(Oc2ccc(F)cc2)cc1. The monoisotopic (exact) mass is 488 g/mol. The summed E-state index contributed by atoms with van der Waals surface area (Å²) in [4.78, 5) is 30.5. The Morgan fingerprint density at radius 3 is 2.28 bits per heavy atom. The third-order valence-corrected chi connectivity index (χ3v) is 6.67. The van der Waals surface area contributed by atoms with Gasteiger partial charge in [0.25, 0.3) is 5.91 Å². The molecule has 2 aliphatic rings. The Labute approximate surface area is 210 Å². The lowest BCUT2D eigenvalue weighted by Gasteiger charge is -2.31. The van der Waals surface area contributed by atoms with Crippen molar-refractivity contribution in [2.45, 2.75) is 44.4 Å². The first-order valence-corrected chi connectivity index (χ1v) is 12.4. The number of anilines is 1. The smallest absolute Gasteiger partial charge is 0.252 e. The van der Waals surface area contributed by atoms with E-state index in [1.54, 1.807) is 34.1 Å². The minimum absolute atomic E-state index is 0.0777. The van der Waals surface area contributed by atoms with Gasteiger partial charge in [0, 0.05) is 18.8 Å². The maximum Gasteiger partial charge on any atom is 0.252 e. The third kappa shape index (κ3) is 5.41. The second-order valence-electron chi connectivity index (χ2n) is 9.15. The molecular weight excluding hydrogens is 459 g/mol. The van der Waals surface area contributed by atoms with Crippen LogP contribution >= 0.6 is 0 Å². The van der Waals surface area contributed by atoms with E-state index in [-0.39, 0.29) is 17.6 Å². The van der Waals surface area contributed by atoms with Crippen molar-refractivity contribution >= 4 is 17.5 Å². The van der Waals surface area contributed by atoms with E-state index in [0.717, 1.165) is 18.4 Å². The van der Waals surface area contributed by atoms with Gasteiger partial charge in [0.1, 0.15) is 29.5 Å². The summed E-state index contributed by atoms with van der Waals surface area (Å²) >= 11 is 0. The summed E-state index contributed by atoms with van der Waals surface area (Å²) in [6.07, 6.45) is 2.56. The van der Waals surface area contributed by atoms with Crippen molar-refractivity contribution in [2.24, 2.45) is 0 Å². The van der Waals surface area contributed by atoms with Crippen LogP contribution in [0.5, 0.6) is 11.5 Å². The summed E-state index contributed by atoms with van der Waals surface area (Å²) in [6, 6.07) is 22.3. The third-order valence-electron chi connectivity index (χ3n) is 6.67. The molecular formula is C29H29FN2O4. The Kier molecular flexibility index (Phi) is 7.28. The number of halogens is 1. The topological polar surface area (TPSA) is 59.1 Å². The second kappa shape index (κ2) is 10.9. The number of benzene rings is 3. The summed E-state index contributed by atoms with van der Waals surface area (Å²) in [7, 11) is 0. The molecule has 186 valence electrons. The van der Waals surface area contributed by atoms with Gasteiger partial charge in [-0.15, -0.1) is 0 Å².